The van der Waals surface area contributed by atoms with Crippen LogP contribution in [-0.4, -0.2) is 28.8 Å². The van der Waals surface area contributed by atoms with Crippen LogP contribution in [0.5, 0.6) is 0 Å². The van der Waals surface area contributed by atoms with Crippen LogP contribution in [0.2, 0.25) is 0 Å². The van der Waals surface area contributed by atoms with Crippen LogP contribution in [0.4, 0.5) is 15.8 Å². The summed E-state index contributed by atoms with van der Waals surface area (Å²) >= 11 is 0. The molecule has 5 rings (SSSR count). The van der Waals surface area contributed by atoms with Gasteiger partial charge in [0.2, 0.25) is 0 Å². The Morgan fingerprint density at radius 2 is 1.73 bits per heavy atom. The number of nitrogens with zero attached hydrogens (tertiary/aromatic N) is 3. The minimum atomic E-state index is -0.284. The summed E-state index contributed by atoms with van der Waals surface area (Å²) < 4.78 is 15.1. The van der Waals surface area contributed by atoms with Crippen molar-refractivity contribution in [3.63, 3.8) is 0 Å². The average molecular weight is 404 g/mol. The highest BCUT2D eigenvalue weighted by Gasteiger charge is 2.27. The van der Waals surface area contributed by atoms with Gasteiger partial charge in [0, 0.05) is 35.7 Å². The lowest BCUT2D eigenvalue weighted by atomic mass is 10.1. The SMILES string of the molecule is Cc1cc(N2CCCC2)ccc1NC(=O)c1nn(-c2ccc(F)cc2)c2c1CCC2. The molecule has 1 fully saturated rings. The van der Waals surface area contributed by atoms with Crippen LogP contribution >= 0.6 is 0 Å². The fourth-order valence-electron chi connectivity index (χ4n) is 4.56. The van der Waals surface area contributed by atoms with Gasteiger partial charge in [-0.3, -0.25) is 4.79 Å². The van der Waals surface area contributed by atoms with E-state index in [1.54, 1.807) is 16.8 Å². The Bertz CT molecular complexity index is 1100. The van der Waals surface area contributed by atoms with Crippen molar-refractivity contribution in [3.05, 3.63) is 70.8 Å². The fourth-order valence-corrected chi connectivity index (χ4v) is 4.56. The Hall–Kier alpha value is -3.15. The van der Waals surface area contributed by atoms with Crippen LogP contribution in [0.3, 0.4) is 0 Å². The summed E-state index contributed by atoms with van der Waals surface area (Å²) in [6.07, 6.45) is 5.18. The van der Waals surface area contributed by atoms with Gasteiger partial charge in [0.05, 0.1) is 5.69 Å². The first-order valence-electron chi connectivity index (χ1n) is 10.6. The number of aromatic nitrogens is 2. The molecule has 1 amide bonds. The number of rotatable bonds is 4. The van der Waals surface area contributed by atoms with Crippen molar-refractivity contribution in [1.29, 1.82) is 0 Å². The van der Waals surface area contributed by atoms with Gasteiger partial charge >= 0.3 is 0 Å². The lowest BCUT2D eigenvalue weighted by molar-refractivity contribution is 0.102. The molecule has 154 valence electrons. The van der Waals surface area contributed by atoms with Crippen molar-refractivity contribution in [3.8, 4) is 5.69 Å². The third-order valence-corrected chi connectivity index (χ3v) is 6.15. The van der Waals surface area contributed by atoms with Crippen molar-refractivity contribution < 1.29 is 9.18 Å². The van der Waals surface area contributed by atoms with Gasteiger partial charge in [-0.2, -0.15) is 5.10 Å². The molecule has 1 N–H and O–H groups in total. The van der Waals surface area contributed by atoms with E-state index in [1.807, 2.05) is 13.0 Å². The number of nitrogens with one attached hydrogen (secondary N) is 1. The number of amides is 1. The summed E-state index contributed by atoms with van der Waals surface area (Å²) in [6, 6.07) is 12.4. The molecule has 2 heterocycles. The van der Waals surface area contributed by atoms with E-state index in [2.05, 4.69) is 27.4 Å². The van der Waals surface area contributed by atoms with Crippen LogP contribution in [0.15, 0.2) is 42.5 Å². The highest BCUT2D eigenvalue weighted by Crippen LogP contribution is 2.30. The van der Waals surface area contributed by atoms with E-state index in [0.717, 1.165) is 60.5 Å². The average Bonchev–Trinajstić information content (AvgIpc) is 3.48. The van der Waals surface area contributed by atoms with E-state index >= 15 is 0 Å². The van der Waals surface area contributed by atoms with Crippen molar-refractivity contribution in [2.24, 2.45) is 0 Å². The highest BCUT2D eigenvalue weighted by atomic mass is 19.1. The molecule has 0 spiro atoms. The molecule has 3 aromatic rings. The molecule has 30 heavy (non-hydrogen) atoms. The molecule has 0 atom stereocenters. The Morgan fingerprint density at radius 1 is 1.00 bits per heavy atom. The molecule has 1 saturated heterocycles. The number of hydrogen-bond donors (Lipinski definition) is 1. The van der Waals surface area contributed by atoms with E-state index < -0.39 is 0 Å². The first-order valence-corrected chi connectivity index (χ1v) is 10.6. The zero-order valence-electron chi connectivity index (χ0n) is 17.1. The molecule has 0 saturated carbocycles. The molecule has 1 aromatic heterocycles. The number of carbonyl (C=O) groups is 1. The number of anilines is 2. The normalized spacial score (nSPS) is 15.5. The zero-order chi connectivity index (χ0) is 20.7. The Kier molecular flexibility index (Phi) is 4.77. The predicted octanol–water partition coefficient (Wildman–Crippen LogP) is 4.66. The molecule has 0 radical (unpaired) electrons. The van der Waals surface area contributed by atoms with E-state index in [0.29, 0.717) is 5.69 Å². The number of carbonyl (C=O) groups excluding carboxylic acids is 1. The Balaban J connectivity index is 1.42. The summed E-state index contributed by atoms with van der Waals surface area (Å²) in [5.41, 5.74) is 6.36. The molecule has 5 nitrogen and oxygen atoms in total. The second kappa shape index (κ2) is 7.59. The molecule has 1 aliphatic carbocycles. The summed E-state index contributed by atoms with van der Waals surface area (Å²) in [5.74, 6) is -0.473. The molecule has 6 heteroatoms. The van der Waals surface area contributed by atoms with Gasteiger partial charge in [0.15, 0.2) is 5.69 Å². The first-order chi connectivity index (χ1) is 14.6. The van der Waals surface area contributed by atoms with Crippen LogP contribution in [0, 0.1) is 12.7 Å². The third-order valence-electron chi connectivity index (χ3n) is 6.15. The topological polar surface area (TPSA) is 50.2 Å². The van der Waals surface area contributed by atoms with Gasteiger partial charge in [0.1, 0.15) is 5.82 Å². The Labute approximate surface area is 175 Å². The number of fused-ring (bicyclic) bond motifs is 1. The summed E-state index contributed by atoms with van der Waals surface area (Å²) in [6.45, 7) is 4.22. The number of aryl methyl sites for hydroxylation is 1. The van der Waals surface area contributed by atoms with Crippen molar-refractivity contribution in [2.45, 2.75) is 39.0 Å². The lowest BCUT2D eigenvalue weighted by Crippen LogP contribution is -2.18. The van der Waals surface area contributed by atoms with Crippen molar-refractivity contribution in [1.82, 2.24) is 9.78 Å². The van der Waals surface area contributed by atoms with Gasteiger partial charge in [-0.15, -0.1) is 0 Å². The maximum absolute atomic E-state index is 13.3. The maximum atomic E-state index is 13.3. The number of hydrogen-bond acceptors (Lipinski definition) is 3. The summed E-state index contributed by atoms with van der Waals surface area (Å²) in [7, 11) is 0. The summed E-state index contributed by atoms with van der Waals surface area (Å²) in [5, 5.41) is 7.67. The fraction of sp³-hybridized carbons (Fsp3) is 0.333. The van der Waals surface area contributed by atoms with Crippen molar-refractivity contribution >= 4 is 17.3 Å². The second-order valence-electron chi connectivity index (χ2n) is 8.16. The Morgan fingerprint density at radius 3 is 2.47 bits per heavy atom. The summed E-state index contributed by atoms with van der Waals surface area (Å²) in [4.78, 5) is 15.5. The minimum Gasteiger partial charge on any atom is -0.372 e. The monoisotopic (exact) mass is 404 g/mol. The lowest BCUT2D eigenvalue weighted by Gasteiger charge is -2.19. The van der Waals surface area contributed by atoms with Crippen LogP contribution in [0.25, 0.3) is 5.69 Å². The van der Waals surface area contributed by atoms with Crippen LogP contribution < -0.4 is 10.2 Å². The zero-order valence-corrected chi connectivity index (χ0v) is 17.1. The van der Waals surface area contributed by atoms with Crippen LogP contribution in [0.1, 0.15) is 46.6 Å². The van der Waals surface area contributed by atoms with E-state index in [9.17, 15) is 9.18 Å². The van der Waals surface area contributed by atoms with Gasteiger partial charge < -0.3 is 10.2 Å². The van der Waals surface area contributed by atoms with Gasteiger partial charge in [0.25, 0.3) is 5.91 Å². The maximum Gasteiger partial charge on any atom is 0.276 e. The smallest absolute Gasteiger partial charge is 0.276 e. The number of benzene rings is 2. The first kappa shape index (κ1) is 18.9. The molecule has 2 aromatic carbocycles. The highest BCUT2D eigenvalue weighted by molar-refractivity contribution is 6.04. The standard InChI is InChI=1S/C24H25FN4O/c1-16-15-19(28-13-2-3-14-28)11-12-21(16)26-24(30)23-20-5-4-6-22(20)29(27-23)18-9-7-17(25)8-10-18/h7-12,15H,2-6,13-14H2,1H3,(H,26,30). The molecule has 0 unspecified atom stereocenters. The van der Waals surface area contributed by atoms with E-state index in [-0.39, 0.29) is 11.7 Å². The van der Waals surface area contributed by atoms with Gasteiger partial charge in [-0.1, -0.05) is 0 Å². The van der Waals surface area contributed by atoms with Crippen LogP contribution in [-0.2, 0) is 12.8 Å². The molecular formula is C24H25FN4O. The van der Waals surface area contributed by atoms with Gasteiger partial charge in [-0.05, 0) is 87.1 Å². The second-order valence-corrected chi connectivity index (χ2v) is 8.16. The minimum absolute atomic E-state index is 0.189. The predicted molar refractivity (Wildman–Crippen MR) is 116 cm³/mol. The largest absolute Gasteiger partial charge is 0.372 e. The molecule has 1 aliphatic heterocycles. The molecular weight excluding hydrogens is 379 g/mol. The molecule has 2 aliphatic rings. The number of halogens is 1. The van der Waals surface area contributed by atoms with E-state index in [4.69, 9.17) is 0 Å². The third kappa shape index (κ3) is 3.36. The molecule has 0 bridgehead atoms. The van der Waals surface area contributed by atoms with Crippen molar-refractivity contribution in [2.75, 3.05) is 23.3 Å². The quantitative estimate of drug-likeness (QED) is 0.688. The van der Waals surface area contributed by atoms with Gasteiger partial charge in [-0.25, -0.2) is 9.07 Å². The van der Waals surface area contributed by atoms with E-state index in [1.165, 1.54) is 30.7 Å².